The summed E-state index contributed by atoms with van der Waals surface area (Å²) in [5.74, 6) is 7.55. The molecule has 1 N–H and O–H groups in total. The van der Waals surface area contributed by atoms with Gasteiger partial charge in [0.25, 0.3) is 0 Å². The van der Waals surface area contributed by atoms with Gasteiger partial charge in [-0.3, -0.25) is 0 Å². The third kappa shape index (κ3) is 3.68. The second kappa shape index (κ2) is 7.62. The second-order valence-corrected chi connectivity index (χ2v) is 3.86. The van der Waals surface area contributed by atoms with Crippen LogP contribution in [0.2, 0.25) is 0 Å². The minimum atomic E-state index is 0.224. The highest BCUT2D eigenvalue weighted by Crippen LogP contribution is 2.30. The van der Waals surface area contributed by atoms with Gasteiger partial charge in [-0.2, -0.15) is 0 Å². The summed E-state index contributed by atoms with van der Waals surface area (Å²) in [4.78, 5) is 0. The molecule has 3 nitrogen and oxygen atoms in total. The van der Waals surface area contributed by atoms with E-state index >= 15 is 0 Å². The van der Waals surface area contributed by atoms with Crippen LogP contribution in [-0.2, 0) is 0 Å². The topological polar surface area (TPSA) is 30.5 Å². The molecule has 0 bridgehead atoms. The molecule has 0 spiro atoms. The van der Waals surface area contributed by atoms with Crippen molar-refractivity contribution in [1.82, 2.24) is 5.32 Å². The standard InChI is InChI=1S/C15H21NO2/c1-5-7-8-13(16-6-2)12-9-10-14(17-3)15(11-12)18-4/h9-11,13,16H,6,8H2,1-4H3. The van der Waals surface area contributed by atoms with E-state index in [0.717, 1.165) is 30.0 Å². The summed E-state index contributed by atoms with van der Waals surface area (Å²) in [7, 11) is 3.29. The van der Waals surface area contributed by atoms with Gasteiger partial charge in [-0.25, -0.2) is 0 Å². The van der Waals surface area contributed by atoms with Gasteiger partial charge in [0.2, 0.25) is 0 Å². The summed E-state index contributed by atoms with van der Waals surface area (Å²) in [6.07, 6.45) is 0.791. The van der Waals surface area contributed by atoms with Gasteiger partial charge in [0.05, 0.1) is 14.2 Å². The number of hydrogen-bond donors (Lipinski definition) is 1. The van der Waals surface area contributed by atoms with Crippen LogP contribution in [0.4, 0.5) is 0 Å². The zero-order valence-corrected chi connectivity index (χ0v) is 11.5. The number of benzene rings is 1. The van der Waals surface area contributed by atoms with E-state index in [4.69, 9.17) is 9.47 Å². The van der Waals surface area contributed by atoms with Crippen molar-refractivity contribution >= 4 is 0 Å². The van der Waals surface area contributed by atoms with E-state index in [-0.39, 0.29) is 6.04 Å². The normalized spacial score (nSPS) is 11.3. The highest BCUT2D eigenvalue weighted by atomic mass is 16.5. The maximum atomic E-state index is 5.32. The van der Waals surface area contributed by atoms with Gasteiger partial charge < -0.3 is 14.8 Å². The maximum absolute atomic E-state index is 5.32. The molecule has 0 aliphatic carbocycles. The van der Waals surface area contributed by atoms with E-state index in [9.17, 15) is 0 Å². The molecule has 1 rings (SSSR count). The van der Waals surface area contributed by atoms with Gasteiger partial charge in [-0.05, 0) is 31.2 Å². The highest BCUT2D eigenvalue weighted by Gasteiger charge is 2.12. The van der Waals surface area contributed by atoms with Crippen molar-refractivity contribution in [3.8, 4) is 23.3 Å². The van der Waals surface area contributed by atoms with Crippen LogP contribution in [0.1, 0.15) is 31.9 Å². The van der Waals surface area contributed by atoms with Crippen molar-refractivity contribution < 1.29 is 9.47 Å². The van der Waals surface area contributed by atoms with Gasteiger partial charge in [-0.1, -0.05) is 13.0 Å². The van der Waals surface area contributed by atoms with E-state index in [0.29, 0.717) is 0 Å². The van der Waals surface area contributed by atoms with Gasteiger partial charge in [0, 0.05) is 12.5 Å². The van der Waals surface area contributed by atoms with Crippen molar-refractivity contribution in [3.63, 3.8) is 0 Å². The molecule has 0 heterocycles. The first-order chi connectivity index (χ1) is 8.76. The van der Waals surface area contributed by atoms with Crippen molar-refractivity contribution in [2.24, 2.45) is 0 Å². The fourth-order valence-corrected chi connectivity index (χ4v) is 1.83. The van der Waals surface area contributed by atoms with Crippen LogP contribution in [0.3, 0.4) is 0 Å². The number of methoxy groups -OCH3 is 2. The van der Waals surface area contributed by atoms with E-state index in [1.54, 1.807) is 14.2 Å². The molecule has 1 atom stereocenters. The molecule has 0 amide bonds. The van der Waals surface area contributed by atoms with Crippen molar-refractivity contribution in [1.29, 1.82) is 0 Å². The lowest BCUT2D eigenvalue weighted by atomic mass is 10.0. The van der Waals surface area contributed by atoms with E-state index in [2.05, 4.69) is 24.1 Å². The average Bonchev–Trinajstić information content (AvgIpc) is 2.42. The quantitative estimate of drug-likeness (QED) is 0.784. The first-order valence-corrected chi connectivity index (χ1v) is 6.11. The molecule has 0 radical (unpaired) electrons. The lowest BCUT2D eigenvalue weighted by molar-refractivity contribution is 0.354. The molecule has 18 heavy (non-hydrogen) atoms. The third-order valence-corrected chi connectivity index (χ3v) is 2.74. The van der Waals surface area contributed by atoms with Crippen LogP contribution in [0.25, 0.3) is 0 Å². The van der Waals surface area contributed by atoms with Gasteiger partial charge in [0.15, 0.2) is 11.5 Å². The molecule has 98 valence electrons. The molecule has 0 aromatic heterocycles. The minimum absolute atomic E-state index is 0.224. The van der Waals surface area contributed by atoms with Crippen LogP contribution < -0.4 is 14.8 Å². The molecule has 3 heteroatoms. The average molecular weight is 247 g/mol. The summed E-state index contributed by atoms with van der Waals surface area (Å²) >= 11 is 0. The SMILES string of the molecule is CC#CCC(NCC)c1ccc(OC)c(OC)c1. The summed E-state index contributed by atoms with van der Waals surface area (Å²) in [5.41, 5.74) is 1.16. The van der Waals surface area contributed by atoms with E-state index in [1.807, 2.05) is 25.1 Å². The molecule has 0 fully saturated rings. The summed E-state index contributed by atoms with van der Waals surface area (Å²) < 4.78 is 10.6. The van der Waals surface area contributed by atoms with Crippen molar-refractivity contribution in [2.75, 3.05) is 20.8 Å². The summed E-state index contributed by atoms with van der Waals surface area (Å²) in [6, 6.07) is 6.20. The Bertz CT molecular complexity index is 432. The predicted molar refractivity (Wildman–Crippen MR) is 74.0 cm³/mol. The predicted octanol–water partition coefficient (Wildman–Crippen LogP) is 2.77. The minimum Gasteiger partial charge on any atom is -0.493 e. The van der Waals surface area contributed by atoms with Crippen LogP contribution in [0.5, 0.6) is 11.5 Å². The summed E-state index contributed by atoms with van der Waals surface area (Å²) in [5, 5.41) is 3.42. The largest absolute Gasteiger partial charge is 0.493 e. The van der Waals surface area contributed by atoms with Crippen LogP contribution >= 0.6 is 0 Å². The highest BCUT2D eigenvalue weighted by molar-refractivity contribution is 5.44. The first kappa shape index (κ1) is 14.4. The number of rotatable bonds is 6. The molecule has 1 unspecified atom stereocenters. The zero-order chi connectivity index (χ0) is 13.4. The van der Waals surface area contributed by atoms with Crippen molar-refractivity contribution in [3.05, 3.63) is 23.8 Å². The Morgan fingerprint density at radius 2 is 1.94 bits per heavy atom. The van der Waals surface area contributed by atoms with Crippen LogP contribution in [0, 0.1) is 11.8 Å². The molecule has 0 aliphatic rings. The first-order valence-electron chi connectivity index (χ1n) is 6.11. The maximum Gasteiger partial charge on any atom is 0.161 e. The number of hydrogen-bond acceptors (Lipinski definition) is 3. The Morgan fingerprint density at radius 1 is 1.22 bits per heavy atom. The van der Waals surface area contributed by atoms with Gasteiger partial charge in [0.1, 0.15) is 0 Å². The Kier molecular flexibility index (Phi) is 6.10. The van der Waals surface area contributed by atoms with Gasteiger partial charge in [-0.15, -0.1) is 11.8 Å². The van der Waals surface area contributed by atoms with Crippen LogP contribution in [-0.4, -0.2) is 20.8 Å². The lowest BCUT2D eigenvalue weighted by Crippen LogP contribution is -2.20. The number of nitrogens with one attached hydrogen (secondary N) is 1. The smallest absolute Gasteiger partial charge is 0.161 e. The Morgan fingerprint density at radius 3 is 2.50 bits per heavy atom. The molecule has 0 aliphatic heterocycles. The molecule has 1 aromatic carbocycles. The molecular formula is C15H21NO2. The molecule has 0 saturated heterocycles. The van der Waals surface area contributed by atoms with Gasteiger partial charge >= 0.3 is 0 Å². The van der Waals surface area contributed by atoms with E-state index in [1.165, 1.54) is 0 Å². The third-order valence-electron chi connectivity index (χ3n) is 2.74. The second-order valence-electron chi connectivity index (χ2n) is 3.86. The molecular weight excluding hydrogens is 226 g/mol. The Labute approximate surface area is 109 Å². The number of ether oxygens (including phenoxy) is 2. The lowest BCUT2D eigenvalue weighted by Gasteiger charge is -2.17. The van der Waals surface area contributed by atoms with E-state index < -0.39 is 0 Å². The molecule has 0 saturated carbocycles. The molecule has 1 aromatic rings. The fourth-order valence-electron chi connectivity index (χ4n) is 1.83. The Hall–Kier alpha value is -1.66. The zero-order valence-electron chi connectivity index (χ0n) is 11.5. The van der Waals surface area contributed by atoms with Crippen LogP contribution in [0.15, 0.2) is 18.2 Å². The van der Waals surface area contributed by atoms with Crippen molar-refractivity contribution in [2.45, 2.75) is 26.3 Å². The Balaban J connectivity index is 2.99. The summed E-state index contributed by atoms with van der Waals surface area (Å²) in [6.45, 7) is 4.86. The fraction of sp³-hybridized carbons (Fsp3) is 0.467. The monoisotopic (exact) mass is 247 g/mol.